The van der Waals surface area contributed by atoms with Gasteiger partial charge in [-0.15, -0.1) is 0 Å². The summed E-state index contributed by atoms with van der Waals surface area (Å²) in [5, 5.41) is 4.03. The van der Waals surface area contributed by atoms with Crippen LogP contribution in [0.5, 0.6) is 5.75 Å². The van der Waals surface area contributed by atoms with Gasteiger partial charge in [0.2, 0.25) is 0 Å². The first-order chi connectivity index (χ1) is 17.4. The normalized spacial score (nSPS) is 19.3. The molecule has 0 aliphatic carbocycles. The number of morpholine rings is 1. The quantitative estimate of drug-likeness (QED) is 0.512. The van der Waals surface area contributed by atoms with Gasteiger partial charge in [-0.3, -0.25) is 14.8 Å². The first-order valence-electron chi connectivity index (χ1n) is 12.0. The van der Waals surface area contributed by atoms with Gasteiger partial charge in [-0.2, -0.15) is 0 Å². The van der Waals surface area contributed by atoms with Gasteiger partial charge in [0.1, 0.15) is 30.0 Å². The van der Waals surface area contributed by atoms with Crippen LogP contribution in [0, 0.1) is 12.7 Å². The maximum Gasteiger partial charge on any atom is 0.157 e. The van der Waals surface area contributed by atoms with Gasteiger partial charge in [0, 0.05) is 12.6 Å². The summed E-state index contributed by atoms with van der Waals surface area (Å²) in [4.78, 5) is 17.2. The highest BCUT2D eigenvalue weighted by Crippen LogP contribution is 2.34. The molecule has 0 saturated carbocycles. The number of hydrogen-bond donors (Lipinski definition) is 0. The molecule has 3 aromatic rings. The third-order valence-corrected chi connectivity index (χ3v) is 6.50. The molecule has 0 amide bonds. The molecule has 0 spiro atoms. The summed E-state index contributed by atoms with van der Waals surface area (Å²) in [6.07, 6.45) is 8.79. The molecular weight excluding hydrogens is 459 g/mol. The van der Waals surface area contributed by atoms with Crippen molar-refractivity contribution in [3.05, 3.63) is 89.6 Å². The number of halogens is 1. The van der Waals surface area contributed by atoms with Crippen LogP contribution >= 0.6 is 0 Å². The van der Waals surface area contributed by atoms with Crippen LogP contribution in [0.4, 0.5) is 10.1 Å². The lowest BCUT2D eigenvalue weighted by molar-refractivity contribution is -0.120. The summed E-state index contributed by atoms with van der Waals surface area (Å²) < 4.78 is 27.4. The molecule has 2 aliphatic rings. The van der Waals surface area contributed by atoms with Gasteiger partial charge in [-0.25, -0.2) is 9.37 Å². The highest BCUT2D eigenvalue weighted by Gasteiger charge is 2.33. The number of carbonyl (C=O) groups is 1. The number of rotatable bonds is 4. The predicted molar refractivity (Wildman–Crippen MR) is 136 cm³/mol. The molecule has 5 rings (SSSR count). The molecule has 1 aromatic heterocycles. The highest BCUT2D eigenvalue weighted by molar-refractivity contribution is 5.87. The average Bonchev–Trinajstić information content (AvgIpc) is 3.31. The Hall–Kier alpha value is -4.07. The number of nitrogens with zero attached hydrogens (tertiary/aromatic N) is 4. The third kappa shape index (κ3) is 4.58. The van der Waals surface area contributed by atoms with Crippen LogP contribution in [0.1, 0.15) is 31.0 Å². The largest absolute Gasteiger partial charge is 0.495 e. The van der Waals surface area contributed by atoms with Crippen molar-refractivity contribution in [3.63, 3.8) is 0 Å². The second-order valence-corrected chi connectivity index (χ2v) is 8.93. The summed E-state index contributed by atoms with van der Waals surface area (Å²) in [6, 6.07) is 11.8. The molecule has 0 bridgehead atoms. The zero-order valence-corrected chi connectivity index (χ0v) is 20.6. The zero-order chi connectivity index (χ0) is 25.2. The SMILES string of the molecule is COc1cc(C=C2OCCN3C2=CCCC(=O)C(C)N3c2ccc(F)cc2)ccc1-n1cnc(C)c1. The number of aryl methyl sites for hydroxylation is 1. The van der Waals surface area contributed by atoms with Crippen molar-refractivity contribution in [3.8, 4) is 11.4 Å². The lowest BCUT2D eigenvalue weighted by atomic mass is 10.0. The molecule has 0 N–H and O–H groups in total. The van der Waals surface area contributed by atoms with E-state index in [0.29, 0.717) is 37.5 Å². The number of carbonyl (C=O) groups excluding carboxylic acids is 1. The standard InChI is InChI=1S/C28H29FN4O3/c1-19-17-31(18-30-19)24-12-7-21(15-27(24)35-3)16-28-25-5-4-6-26(34)20(2)33(32(25)13-14-36-28)23-10-8-22(29)9-11-23/h5,7-12,15-18,20H,4,6,13-14H2,1-3H3. The molecule has 1 fully saturated rings. The molecule has 36 heavy (non-hydrogen) atoms. The molecule has 0 radical (unpaired) electrons. The van der Waals surface area contributed by atoms with Crippen molar-refractivity contribution in [1.29, 1.82) is 0 Å². The van der Waals surface area contributed by atoms with E-state index in [1.54, 1.807) is 25.6 Å². The number of ketones is 1. The Morgan fingerprint density at radius 3 is 2.72 bits per heavy atom. The Balaban J connectivity index is 1.53. The number of hydrazine groups is 1. The number of methoxy groups -OCH3 is 1. The number of benzene rings is 2. The summed E-state index contributed by atoms with van der Waals surface area (Å²) >= 11 is 0. The van der Waals surface area contributed by atoms with Crippen molar-refractivity contribution in [2.45, 2.75) is 32.7 Å². The second-order valence-electron chi connectivity index (χ2n) is 8.93. The van der Waals surface area contributed by atoms with E-state index in [0.717, 1.165) is 28.3 Å². The Morgan fingerprint density at radius 2 is 2.00 bits per heavy atom. The molecule has 1 atom stereocenters. The summed E-state index contributed by atoms with van der Waals surface area (Å²) in [5.74, 6) is 1.25. The molecule has 1 saturated heterocycles. The van der Waals surface area contributed by atoms with E-state index >= 15 is 0 Å². The van der Waals surface area contributed by atoms with E-state index < -0.39 is 6.04 Å². The molecule has 2 aromatic carbocycles. The maximum atomic E-state index is 13.7. The topological polar surface area (TPSA) is 59.8 Å². The predicted octanol–water partition coefficient (Wildman–Crippen LogP) is 5.06. The molecule has 8 heteroatoms. The number of Topliss-reactive ketones (excluding diaryl/α,β-unsaturated/α-hetero) is 1. The zero-order valence-electron chi connectivity index (χ0n) is 20.6. The number of hydrogen-bond acceptors (Lipinski definition) is 6. The summed E-state index contributed by atoms with van der Waals surface area (Å²) in [6.45, 7) is 4.86. The van der Waals surface area contributed by atoms with Gasteiger partial charge in [-0.05, 0) is 68.3 Å². The summed E-state index contributed by atoms with van der Waals surface area (Å²) in [5.41, 5.74) is 4.39. The second kappa shape index (κ2) is 9.89. The Morgan fingerprint density at radius 1 is 1.19 bits per heavy atom. The van der Waals surface area contributed by atoms with Gasteiger partial charge in [0.05, 0.1) is 42.7 Å². The van der Waals surface area contributed by atoms with Crippen molar-refractivity contribution in [2.24, 2.45) is 0 Å². The number of fused-ring (bicyclic) bond motifs is 1. The Bertz CT molecular complexity index is 1330. The van der Waals surface area contributed by atoms with E-state index in [9.17, 15) is 9.18 Å². The molecule has 7 nitrogen and oxygen atoms in total. The average molecular weight is 489 g/mol. The number of allylic oxidation sites excluding steroid dienone is 1. The molecule has 1 unspecified atom stereocenters. The minimum atomic E-state index is -0.392. The Labute approximate surface area is 210 Å². The van der Waals surface area contributed by atoms with Crippen LogP contribution < -0.4 is 9.75 Å². The van der Waals surface area contributed by atoms with E-state index in [2.05, 4.69) is 9.99 Å². The summed E-state index contributed by atoms with van der Waals surface area (Å²) in [7, 11) is 1.65. The smallest absolute Gasteiger partial charge is 0.157 e. The Kier molecular flexibility index (Phi) is 6.50. The van der Waals surface area contributed by atoms with Gasteiger partial charge in [0.15, 0.2) is 5.78 Å². The van der Waals surface area contributed by atoms with Crippen molar-refractivity contribution in [1.82, 2.24) is 14.6 Å². The van der Waals surface area contributed by atoms with Gasteiger partial charge < -0.3 is 14.0 Å². The molecule has 2 aliphatic heterocycles. The van der Waals surface area contributed by atoms with Crippen molar-refractivity contribution < 1.29 is 18.7 Å². The number of anilines is 1. The van der Waals surface area contributed by atoms with Crippen LogP contribution in [0.25, 0.3) is 11.8 Å². The van der Waals surface area contributed by atoms with Crippen LogP contribution in [-0.2, 0) is 9.53 Å². The van der Waals surface area contributed by atoms with Crippen LogP contribution in [0.3, 0.4) is 0 Å². The van der Waals surface area contributed by atoms with Crippen molar-refractivity contribution in [2.75, 3.05) is 25.3 Å². The third-order valence-electron chi connectivity index (χ3n) is 6.50. The number of imidazole rings is 1. The minimum absolute atomic E-state index is 0.140. The van der Waals surface area contributed by atoms with Crippen LogP contribution in [0.15, 0.2) is 72.5 Å². The fraction of sp³-hybridized carbons (Fsp3) is 0.286. The molecular formula is C28H29FN4O3. The van der Waals surface area contributed by atoms with E-state index in [1.807, 2.05) is 60.0 Å². The number of aromatic nitrogens is 2. The van der Waals surface area contributed by atoms with Gasteiger partial charge in [0.25, 0.3) is 0 Å². The van der Waals surface area contributed by atoms with Crippen molar-refractivity contribution >= 4 is 17.5 Å². The fourth-order valence-corrected chi connectivity index (χ4v) is 4.67. The van der Waals surface area contributed by atoms with Crippen LogP contribution in [0.2, 0.25) is 0 Å². The van der Waals surface area contributed by atoms with Gasteiger partial charge in [-0.1, -0.05) is 12.1 Å². The highest BCUT2D eigenvalue weighted by atomic mass is 19.1. The maximum absolute atomic E-state index is 13.7. The monoisotopic (exact) mass is 488 g/mol. The molecule has 186 valence electrons. The minimum Gasteiger partial charge on any atom is -0.495 e. The lowest BCUT2D eigenvalue weighted by Crippen LogP contribution is -2.54. The van der Waals surface area contributed by atoms with Crippen LogP contribution in [-0.4, -0.2) is 46.6 Å². The van der Waals surface area contributed by atoms with E-state index in [-0.39, 0.29) is 11.6 Å². The first kappa shape index (κ1) is 23.7. The lowest BCUT2D eigenvalue weighted by Gasteiger charge is -2.46. The first-order valence-corrected chi connectivity index (χ1v) is 12.0. The molecule has 3 heterocycles. The fourth-order valence-electron chi connectivity index (χ4n) is 4.67. The van der Waals surface area contributed by atoms with E-state index in [4.69, 9.17) is 9.47 Å². The number of ether oxygens (including phenoxy) is 2. The van der Waals surface area contributed by atoms with E-state index in [1.165, 1.54) is 12.1 Å². The van der Waals surface area contributed by atoms with Gasteiger partial charge >= 0.3 is 0 Å².